The quantitative estimate of drug-likeness (QED) is 0.703. The Labute approximate surface area is 104 Å². The minimum atomic E-state index is -1.08. The lowest BCUT2D eigenvalue weighted by atomic mass is 10.0. The summed E-state index contributed by atoms with van der Waals surface area (Å²) in [5.41, 5.74) is 1.03. The molecule has 94 valence electrons. The average Bonchev–Trinajstić information content (AvgIpc) is 2.63. The molecule has 0 saturated heterocycles. The first kappa shape index (κ1) is 12.4. The van der Waals surface area contributed by atoms with Gasteiger partial charge in [0.25, 0.3) is 5.56 Å². The third-order valence-corrected chi connectivity index (χ3v) is 2.68. The van der Waals surface area contributed by atoms with Gasteiger partial charge in [0.05, 0.1) is 0 Å². The number of rotatable bonds is 3. The van der Waals surface area contributed by atoms with Gasteiger partial charge in [-0.15, -0.1) is 0 Å². The van der Waals surface area contributed by atoms with Crippen LogP contribution in [0.3, 0.4) is 0 Å². The Kier molecular flexibility index (Phi) is 2.98. The molecular weight excluding hydrogens is 233 g/mol. The predicted octanol–water partition coefficient (Wildman–Crippen LogP) is -1.04. The standard InChI is InChI=1S/C11H14BN3O3/c1-6(2)10-13-15(5-9(16)17)11(18)8-3-7(12)4-14(8)10/h3-4,6H,5,12H2,1-2H3,(H,16,17). The van der Waals surface area contributed by atoms with E-state index in [1.165, 1.54) is 0 Å². The van der Waals surface area contributed by atoms with Gasteiger partial charge < -0.3 is 5.11 Å². The Hall–Kier alpha value is -2.05. The van der Waals surface area contributed by atoms with E-state index in [0.29, 0.717) is 11.3 Å². The number of fused-ring (bicyclic) bond motifs is 1. The van der Waals surface area contributed by atoms with Gasteiger partial charge in [-0.25, -0.2) is 4.68 Å². The molecule has 0 radical (unpaired) electrons. The van der Waals surface area contributed by atoms with Crippen molar-refractivity contribution in [3.05, 3.63) is 28.4 Å². The van der Waals surface area contributed by atoms with E-state index in [4.69, 9.17) is 5.11 Å². The molecule has 0 fully saturated rings. The second kappa shape index (κ2) is 4.32. The molecule has 0 aliphatic heterocycles. The first-order chi connectivity index (χ1) is 8.40. The van der Waals surface area contributed by atoms with Crippen LogP contribution >= 0.6 is 0 Å². The highest BCUT2D eigenvalue weighted by Crippen LogP contribution is 2.11. The fourth-order valence-corrected chi connectivity index (χ4v) is 1.93. The SMILES string of the molecule is Bc1cc2c(=O)n(CC(=O)O)nc(C(C)C)n2c1. The zero-order chi connectivity index (χ0) is 13.4. The summed E-state index contributed by atoms with van der Waals surface area (Å²) in [4.78, 5) is 22.8. The first-order valence-corrected chi connectivity index (χ1v) is 5.71. The molecule has 7 heteroatoms. The molecule has 2 rings (SSSR count). The van der Waals surface area contributed by atoms with Gasteiger partial charge in [0.1, 0.15) is 25.7 Å². The zero-order valence-corrected chi connectivity index (χ0v) is 10.5. The Morgan fingerprint density at radius 3 is 2.78 bits per heavy atom. The molecule has 0 saturated carbocycles. The maximum atomic E-state index is 12.1. The van der Waals surface area contributed by atoms with E-state index < -0.39 is 12.5 Å². The van der Waals surface area contributed by atoms with E-state index in [1.807, 2.05) is 27.9 Å². The van der Waals surface area contributed by atoms with Gasteiger partial charge in [0.2, 0.25) is 0 Å². The molecule has 0 aromatic carbocycles. The molecule has 0 atom stereocenters. The Balaban J connectivity index is 2.78. The molecule has 0 spiro atoms. The van der Waals surface area contributed by atoms with Crippen LogP contribution in [-0.2, 0) is 11.3 Å². The molecule has 0 aliphatic rings. The summed E-state index contributed by atoms with van der Waals surface area (Å²) in [6, 6.07) is 1.74. The van der Waals surface area contributed by atoms with Crippen LogP contribution in [0.2, 0.25) is 0 Å². The molecule has 0 amide bonds. The number of aliphatic carboxylic acids is 1. The maximum Gasteiger partial charge on any atom is 0.325 e. The number of hydrogen-bond donors (Lipinski definition) is 1. The van der Waals surface area contributed by atoms with E-state index >= 15 is 0 Å². The topological polar surface area (TPSA) is 76.6 Å². The summed E-state index contributed by atoms with van der Waals surface area (Å²) >= 11 is 0. The van der Waals surface area contributed by atoms with Crippen molar-refractivity contribution in [2.24, 2.45) is 0 Å². The lowest BCUT2D eigenvalue weighted by molar-refractivity contribution is -0.138. The summed E-state index contributed by atoms with van der Waals surface area (Å²) in [6.45, 7) is 3.48. The van der Waals surface area contributed by atoms with Crippen LogP contribution < -0.4 is 11.0 Å². The van der Waals surface area contributed by atoms with Gasteiger partial charge in [0.15, 0.2) is 0 Å². The van der Waals surface area contributed by atoms with Crippen molar-refractivity contribution in [3.8, 4) is 0 Å². The van der Waals surface area contributed by atoms with Crippen LogP contribution in [0.25, 0.3) is 5.52 Å². The molecule has 0 bridgehead atoms. The second-order valence-corrected chi connectivity index (χ2v) is 4.64. The van der Waals surface area contributed by atoms with Gasteiger partial charge in [-0.3, -0.25) is 14.0 Å². The van der Waals surface area contributed by atoms with Crippen LogP contribution in [0.4, 0.5) is 0 Å². The molecule has 2 heterocycles. The van der Waals surface area contributed by atoms with Crippen molar-refractivity contribution in [2.45, 2.75) is 26.3 Å². The number of nitrogens with zero attached hydrogens (tertiary/aromatic N) is 3. The maximum absolute atomic E-state index is 12.1. The zero-order valence-electron chi connectivity index (χ0n) is 10.5. The van der Waals surface area contributed by atoms with Gasteiger partial charge >= 0.3 is 5.97 Å². The summed E-state index contributed by atoms with van der Waals surface area (Å²) in [5, 5.41) is 12.9. The third-order valence-electron chi connectivity index (χ3n) is 2.68. The first-order valence-electron chi connectivity index (χ1n) is 5.71. The van der Waals surface area contributed by atoms with Gasteiger partial charge in [0, 0.05) is 12.1 Å². The highest BCUT2D eigenvalue weighted by atomic mass is 16.4. The van der Waals surface area contributed by atoms with Crippen molar-refractivity contribution in [1.29, 1.82) is 0 Å². The summed E-state index contributed by atoms with van der Waals surface area (Å²) in [5.74, 6) is -0.300. The summed E-state index contributed by atoms with van der Waals surface area (Å²) < 4.78 is 2.74. The summed E-state index contributed by atoms with van der Waals surface area (Å²) in [6.07, 6.45) is 1.84. The molecule has 0 aliphatic carbocycles. The van der Waals surface area contributed by atoms with E-state index in [9.17, 15) is 9.59 Å². The minimum absolute atomic E-state index is 0.0972. The fraction of sp³-hybridized carbons (Fsp3) is 0.364. The van der Waals surface area contributed by atoms with E-state index in [0.717, 1.165) is 10.1 Å². The molecule has 18 heavy (non-hydrogen) atoms. The average molecular weight is 247 g/mol. The van der Waals surface area contributed by atoms with Crippen LogP contribution in [0.1, 0.15) is 25.6 Å². The van der Waals surface area contributed by atoms with Crippen LogP contribution in [0.5, 0.6) is 0 Å². The monoisotopic (exact) mass is 247 g/mol. The fourth-order valence-electron chi connectivity index (χ4n) is 1.93. The van der Waals surface area contributed by atoms with Crippen LogP contribution in [0.15, 0.2) is 17.1 Å². The normalized spacial score (nSPS) is 11.3. The lowest BCUT2D eigenvalue weighted by Crippen LogP contribution is -2.30. The van der Waals surface area contributed by atoms with Crippen LogP contribution in [-0.4, -0.2) is 33.1 Å². The Bertz CT molecular complexity index is 672. The minimum Gasteiger partial charge on any atom is -0.480 e. The molecule has 6 nitrogen and oxygen atoms in total. The van der Waals surface area contributed by atoms with E-state index in [1.54, 1.807) is 10.5 Å². The predicted molar refractivity (Wildman–Crippen MR) is 69.4 cm³/mol. The van der Waals surface area contributed by atoms with Gasteiger partial charge in [-0.05, 0) is 6.07 Å². The number of carbonyl (C=O) groups is 1. The molecule has 0 unspecified atom stereocenters. The van der Waals surface area contributed by atoms with Crippen molar-refractivity contribution >= 4 is 24.8 Å². The number of aromatic nitrogens is 3. The molecule has 2 aromatic rings. The van der Waals surface area contributed by atoms with Gasteiger partial charge in [-0.1, -0.05) is 19.3 Å². The van der Waals surface area contributed by atoms with Crippen molar-refractivity contribution < 1.29 is 9.90 Å². The largest absolute Gasteiger partial charge is 0.480 e. The van der Waals surface area contributed by atoms with Gasteiger partial charge in [-0.2, -0.15) is 5.10 Å². The van der Waals surface area contributed by atoms with E-state index in [-0.39, 0.29) is 11.5 Å². The molecule has 1 N–H and O–H groups in total. The lowest BCUT2D eigenvalue weighted by Gasteiger charge is -2.11. The smallest absolute Gasteiger partial charge is 0.325 e. The Morgan fingerprint density at radius 2 is 2.22 bits per heavy atom. The highest BCUT2D eigenvalue weighted by Gasteiger charge is 2.14. The molecular formula is C11H14BN3O3. The molecule has 2 aromatic heterocycles. The third kappa shape index (κ3) is 2.03. The van der Waals surface area contributed by atoms with Crippen LogP contribution in [0, 0.1) is 0 Å². The van der Waals surface area contributed by atoms with Crippen molar-refractivity contribution in [3.63, 3.8) is 0 Å². The summed E-state index contributed by atoms with van der Waals surface area (Å²) in [7, 11) is 1.89. The van der Waals surface area contributed by atoms with E-state index in [2.05, 4.69) is 5.10 Å². The van der Waals surface area contributed by atoms with Crippen molar-refractivity contribution in [2.75, 3.05) is 0 Å². The highest BCUT2D eigenvalue weighted by molar-refractivity contribution is 6.32. The number of carboxylic acid groups (broad SMARTS) is 1. The Morgan fingerprint density at radius 1 is 1.56 bits per heavy atom. The number of carboxylic acids is 1. The number of hydrogen-bond acceptors (Lipinski definition) is 3. The second-order valence-electron chi connectivity index (χ2n) is 4.64. The van der Waals surface area contributed by atoms with Crippen molar-refractivity contribution in [1.82, 2.24) is 14.2 Å².